The Morgan fingerprint density at radius 3 is 2.72 bits per heavy atom. The van der Waals surface area contributed by atoms with Gasteiger partial charge in [-0.05, 0) is 58.3 Å². The molecule has 0 saturated carbocycles. The number of hydrogen-bond donors (Lipinski definition) is 2. The second-order valence-corrected chi connectivity index (χ2v) is 6.27. The number of thiocarbonyl (C=S) groups is 1. The number of nitrogens with one attached hydrogen (secondary N) is 2. The summed E-state index contributed by atoms with van der Waals surface area (Å²) in [4.78, 5) is 0. The molecule has 132 valence electrons. The lowest BCUT2D eigenvalue weighted by Crippen LogP contribution is -2.31. The maximum absolute atomic E-state index is 5.59. The highest BCUT2D eigenvalue weighted by Crippen LogP contribution is 2.36. The van der Waals surface area contributed by atoms with Crippen LogP contribution in [-0.2, 0) is 6.54 Å². The molecule has 25 heavy (non-hydrogen) atoms. The second kappa shape index (κ2) is 10.0. The molecule has 2 aromatic carbocycles. The van der Waals surface area contributed by atoms with Gasteiger partial charge in [-0.1, -0.05) is 30.3 Å². The van der Waals surface area contributed by atoms with Gasteiger partial charge >= 0.3 is 0 Å². The quantitative estimate of drug-likeness (QED) is 0.403. The third-order valence-corrected chi connectivity index (χ3v) is 4.04. The standard InChI is InChI=1S/C18H20BrN3O2S/c1-3-24-16-10-14(9-15(19)17(16)23-2)12-21-22-18(25)20-11-13-7-5-4-6-8-13/h4-10,12H,3,11H2,1-2H3,(H2,20,22,25)/b21-12-. The largest absolute Gasteiger partial charge is 0.492 e. The number of ether oxygens (including phenoxy) is 2. The summed E-state index contributed by atoms with van der Waals surface area (Å²) >= 11 is 8.69. The summed E-state index contributed by atoms with van der Waals surface area (Å²) in [6.07, 6.45) is 1.67. The van der Waals surface area contributed by atoms with E-state index in [1.807, 2.05) is 49.4 Å². The van der Waals surface area contributed by atoms with Crippen LogP contribution in [-0.4, -0.2) is 25.0 Å². The molecule has 0 unspecified atom stereocenters. The predicted octanol–water partition coefficient (Wildman–Crippen LogP) is 3.85. The summed E-state index contributed by atoms with van der Waals surface area (Å²) in [7, 11) is 1.61. The summed E-state index contributed by atoms with van der Waals surface area (Å²) in [6.45, 7) is 3.12. The first-order chi connectivity index (χ1) is 12.1. The van der Waals surface area contributed by atoms with Crippen molar-refractivity contribution in [2.75, 3.05) is 13.7 Å². The lowest BCUT2D eigenvalue weighted by molar-refractivity contribution is 0.310. The van der Waals surface area contributed by atoms with Crippen molar-refractivity contribution in [1.29, 1.82) is 0 Å². The first-order valence-electron chi connectivity index (χ1n) is 7.75. The van der Waals surface area contributed by atoms with Gasteiger partial charge in [0, 0.05) is 6.54 Å². The van der Waals surface area contributed by atoms with Crippen LogP contribution in [0, 0.1) is 0 Å². The molecule has 0 spiro atoms. The number of hydrazone groups is 1. The minimum Gasteiger partial charge on any atom is -0.492 e. The van der Waals surface area contributed by atoms with Crippen molar-refractivity contribution in [3.8, 4) is 11.5 Å². The average molecular weight is 422 g/mol. The molecular formula is C18H20BrN3O2S. The topological polar surface area (TPSA) is 54.9 Å². The molecule has 0 aliphatic rings. The predicted molar refractivity (Wildman–Crippen MR) is 108 cm³/mol. The van der Waals surface area contributed by atoms with Crippen LogP contribution >= 0.6 is 28.1 Å². The van der Waals surface area contributed by atoms with Crippen LogP contribution in [0.15, 0.2) is 52.0 Å². The minimum absolute atomic E-state index is 0.456. The Bertz CT molecular complexity index is 739. The molecule has 2 aromatic rings. The van der Waals surface area contributed by atoms with Crippen LogP contribution in [0.5, 0.6) is 11.5 Å². The molecule has 0 fully saturated rings. The zero-order chi connectivity index (χ0) is 18.1. The van der Waals surface area contributed by atoms with E-state index < -0.39 is 0 Å². The summed E-state index contributed by atoms with van der Waals surface area (Å²) in [5.41, 5.74) is 4.81. The fraction of sp³-hybridized carbons (Fsp3) is 0.222. The lowest BCUT2D eigenvalue weighted by Gasteiger charge is -2.12. The molecule has 2 rings (SSSR count). The summed E-state index contributed by atoms with van der Waals surface area (Å²) in [5, 5.41) is 7.71. The van der Waals surface area contributed by atoms with Crippen LogP contribution in [0.4, 0.5) is 0 Å². The zero-order valence-corrected chi connectivity index (χ0v) is 16.5. The van der Waals surface area contributed by atoms with Gasteiger partial charge in [-0.3, -0.25) is 5.43 Å². The maximum Gasteiger partial charge on any atom is 0.187 e. The number of nitrogens with zero attached hydrogens (tertiary/aromatic N) is 1. The van der Waals surface area contributed by atoms with E-state index in [1.165, 1.54) is 0 Å². The molecule has 2 N–H and O–H groups in total. The van der Waals surface area contributed by atoms with Crippen molar-refractivity contribution in [2.45, 2.75) is 13.5 Å². The fourth-order valence-corrected chi connectivity index (χ4v) is 2.85. The van der Waals surface area contributed by atoms with E-state index >= 15 is 0 Å². The van der Waals surface area contributed by atoms with E-state index in [9.17, 15) is 0 Å². The zero-order valence-electron chi connectivity index (χ0n) is 14.1. The molecule has 0 radical (unpaired) electrons. The Balaban J connectivity index is 1.93. The number of benzene rings is 2. The average Bonchev–Trinajstić information content (AvgIpc) is 2.61. The van der Waals surface area contributed by atoms with Crippen LogP contribution in [0.2, 0.25) is 0 Å². The molecule has 0 amide bonds. The van der Waals surface area contributed by atoms with Crippen LogP contribution in [0.1, 0.15) is 18.1 Å². The Morgan fingerprint density at radius 2 is 2.04 bits per heavy atom. The Morgan fingerprint density at radius 1 is 1.28 bits per heavy atom. The van der Waals surface area contributed by atoms with E-state index in [4.69, 9.17) is 21.7 Å². The van der Waals surface area contributed by atoms with Crippen molar-refractivity contribution in [1.82, 2.24) is 10.7 Å². The second-order valence-electron chi connectivity index (χ2n) is 5.01. The summed E-state index contributed by atoms with van der Waals surface area (Å²) in [6, 6.07) is 13.8. The molecular weight excluding hydrogens is 402 g/mol. The van der Waals surface area contributed by atoms with Gasteiger partial charge in [-0.25, -0.2) is 0 Å². The van der Waals surface area contributed by atoms with Gasteiger partial charge in [-0.2, -0.15) is 5.10 Å². The number of halogens is 1. The van der Waals surface area contributed by atoms with Crippen molar-refractivity contribution in [2.24, 2.45) is 5.10 Å². The van der Waals surface area contributed by atoms with E-state index in [0.717, 1.165) is 15.6 Å². The highest BCUT2D eigenvalue weighted by atomic mass is 79.9. The third kappa shape index (κ3) is 6.03. The SMILES string of the molecule is CCOc1cc(/C=N\NC(=S)NCc2ccccc2)cc(Br)c1OC. The van der Waals surface area contributed by atoms with Crippen LogP contribution < -0.4 is 20.2 Å². The molecule has 7 heteroatoms. The van der Waals surface area contributed by atoms with E-state index in [2.05, 4.69) is 31.8 Å². The van der Waals surface area contributed by atoms with Gasteiger partial charge in [0.15, 0.2) is 16.6 Å². The number of methoxy groups -OCH3 is 1. The normalized spacial score (nSPS) is 10.5. The van der Waals surface area contributed by atoms with Gasteiger partial charge in [-0.15, -0.1) is 0 Å². The number of rotatable bonds is 7. The summed E-state index contributed by atoms with van der Waals surface area (Å²) in [5.74, 6) is 1.32. The van der Waals surface area contributed by atoms with Crippen LogP contribution in [0.3, 0.4) is 0 Å². The van der Waals surface area contributed by atoms with Crippen molar-refractivity contribution in [3.63, 3.8) is 0 Å². The molecule has 5 nitrogen and oxygen atoms in total. The van der Waals surface area contributed by atoms with Gasteiger partial charge < -0.3 is 14.8 Å². The minimum atomic E-state index is 0.456. The fourth-order valence-electron chi connectivity index (χ4n) is 2.11. The van der Waals surface area contributed by atoms with Gasteiger partial charge in [0.25, 0.3) is 0 Å². The van der Waals surface area contributed by atoms with Gasteiger partial charge in [0.05, 0.1) is 24.4 Å². The summed E-state index contributed by atoms with van der Waals surface area (Å²) < 4.78 is 11.7. The van der Waals surface area contributed by atoms with Gasteiger partial charge in [0.2, 0.25) is 0 Å². The molecule has 0 bridgehead atoms. The smallest absolute Gasteiger partial charge is 0.187 e. The van der Waals surface area contributed by atoms with Gasteiger partial charge in [0.1, 0.15) is 0 Å². The molecule has 0 atom stereocenters. The first-order valence-corrected chi connectivity index (χ1v) is 8.95. The third-order valence-electron chi connectivity index (χ3n) is 3.21. The van der Waals surface area contributed by atoms with Crippen molar-refractivity contribution < 1.29 is 9.47 Å². The molecule has 0 heterocycles. The molecule has 0 saturated heterocycles. The first kappa shape index (κ1) is 19.2. The lowest BCUT2D eigenvalue weighted by atomic mass is 10.2. The van der Waals surface area contributed by atoms with E-state index in [-0.39, 0.29) is 0 Å². The van der Waals surface area contributed by atoms with E-state index in [1.54, 1.807) is 13.3 Å². The Labute approximate surface area is 161 Å². The Kier molecular flexibility index (Phi) is 7.69. The highest BCUT2D eigenvalue weighted by molar-refractivity contribution is 9.10. The van der Waals surface area contributed by atoms with Crippen LogP contribution in [0.25, 0.3) is 0 Å². The maximum atomic E-state index is 5.59. The molecule has 0 aromatic heterocycles. The Hall–Kier alpha value is -2.12. The monoisotopic (exact) mass is 421 g/mol. The van der Waals surface area contributed by atoms with Crippen molar-refractivity contribution in [3.05, 3.63) is 58.1 Å². The van der Waals surface area contributed by atoms with Crippen molar-refractivity contribution >= 4 is 39.5 Å². The van der Waals surface area contributed by atoms with E-state index in [0.29, 0.717) is 29.8 Å². The molecule has 0 aliphatic heterocycles. The molecule has 0 aliphatic carbocycles. The highest BCUT2D eigenvalue weighted by Gasteiger charge is 2.10. The number of hydrogen-bond acceptors (Lipinski definition) is 4.